The maximum absolute atomic E-state index is 12.9. The molecule has 0 unspecified atom stereocenters. The van der Waals surface area contributed by atoms with Gasteiger partial charge in [0, 0.05) is 13.1 Å². The van der Waals surface area contributed by atoms with Crippen LogP contribution in [0.25, 0.3) is 0 Å². The van der Waals surface area contributed by atoms with E-state index in [1.165, 1.54) is 19.2 Å². The molecule has 102 valence electrons. The molecule has 1 aliphatic rings. The summed E-state index contributed by atoms with van der Waals surface area (Å²) in [5, 5.41) is 2.88. The molecule has 7 heteroatoms. The Morgan fingerprint density at radius 3 is 2.33 bits per heavy atom. The van der Waals surface area contributed by atoms with E-state index in [1.54, 1.807) is 0 Å². The minimum atomic E-state index is -4.42. The third-order valence-electron chi connectivity index (χ3n) is 2.95. The van der Waals surface area contributed by atoms with E-state index in [9.17, 15) is 13.2 Å². The second-order valence-electron chi connectivity index (χ2n) is 4.17. The molecule has 1 fully saturated rings. The Hall–Kier alpha value is -0.980. The van der Waals surface area contributed by atoms with Crippen LogP contribution in [0.1, 0.15) is 11.1 Å². The Morgan fingerprint density at radius 1 is 1.33 bits per heavy atom. The maximum atomic E-state index is 12.9. The second kappa shape index (κ2) is 4.95. The molecule has 1 heterocycles. The smallest absolute Gasteiger partial charge is 0.416 e. The topological polar surface area (TPSA) is 47.3 Å². The van der Waals surface area contributed by atoms with Gasteiger partial charge in [-0.1, -0.05) is 6.07 Å². The summed E-state index contributed by atoms with van der Waals surface area (Å²) in [6.07, 6.45) is -4.42. The molecule has 0 aromatic heterocycles. The average Bonchev–Trinajstić information content (AvgIpc) is 2.24. The molecule has 1 aromatic carbocycles. The highest BCUT2D eigenvalue weighted by molar-refractivity contribution is 5.85. The fraction of sp³-hybridized carbons (Fsp3) is 0.455. The Bertz CT molecular complexity index is 433. The van der Waals surface area contributed by atoms with Crippen LogP contribution in [-0.4, -0.2) is 20.2 Å². The average molecular weight is 283 g/mol. The van der Waals surface area contributed by atoms with E-state index in [2.05, 4.69) is 5.32 Å². The van der Waals surface area contributed by atoms with Crippen molar-refractivity contribution in [1.82, 2.24) is 5.32 Å². The van der Waals surface area contributed by atoms with E-state index in [0.717, 1.165) is 6.07 Å². The highest BCUT2D eigenvalue weighted by atomic mass is 35.5. The summed E-state index contributed by atoms with van der Waals surface area (Å²) in [4.78, 5) is 0. The van der Waals surface area contributed by atoms with Crippen LogP contribution in [0.3, 0.4) is 0 Å². The van der Waals surface area contributed by atoms with Crippen LogP contribution in [0, 0.1) is 0 Å². The summed E-state index contributed by atoms with van der Waals surface area (Å²) in [6, 6.07) is 3.88. The number of methoxy groups -OCH3 is 1. The SMILES string of the molecule is COc1ccc(C2(N)CNC2)c(C(F)(F)F)c1.Cl. The molecule has 3 nitrogen and oxygen atoms in total. The third kappa shape index (κ3) is 2.55. The Balaban J connectivity index is 0.00000162. The van der Waals surface area contributed by atoms with Gasteiger partial charge in [0.25, 0.3) is 0 Å². The van der Waals surface area contributed by atoms with Gasteiger partial charge in [-0.15, -0.1) is 12.4 Å². The molecule has 0 spiro atoms. The lowest BCUT2D eigenvalue weighted by Gasteiger charge is -2.40. The Kier molecular flexibility index (Phi) is 4.15. The van der Waals surface area contributed by atoms with Crippen molar-refractivity contribution in [3.8, 4) is 5.75 Å². The van der Waals surface area contributed by atoms with Crippen molar-refractivity contribution in [2.75, 3.05) is 20.2 Å². The molecule has 0 amide bonds. The summed E-state index contributed by atoms with van der Waals surface area (Å²) < 4.78 is 43.6. The van der Waals surface area contributed by atoms with Crippen molar-refractivity contribution in [2.24, 2.45) is 5.73 Å². The van der Waals surface area contributed by atoms with Gasteiger partial charge in [-0.25, -0.2) is 0 Å². The first-order valence-electron chi connectivity index (χ1n) is 5.12. The van der Waals surface area contributed by atoms with E-state index in [1.807, 2.05) is 0 Å². The summed E-state index contributed by atoms with van der Waals surface area (Å²) in [7, 11) is 1.33. The van der Waals surface area contributed by atoms with Crippen LogP contribution < -0.4 is 15.8 Å². The molecule has 1 aliphatic heterocycles. The zero-order valence-electron chi connectivity index (χ0n) is 9.67. The van der Waals surface area contributed by atoms with E-state index in [4.69, 9.17) is 10.5 Å². The van der Waals surface area contributed by atoms with Crippen LogP contribution in [0.2, 0.25) is 0 Å². The van der Waals surface area contributed by atoms with Gasteiger partial charge >= 0.3 is 6.18 Å². The van der Waals surface area contributed by atoms with Gasteiger partial charge in [-0.2, -0.15) is 13.2 Å². The fourth-order valence-electron chi connectivity index (χ4n) is 1.90. The molecular formula is C11H14ClF3N2O. The van der Waals surface area contributed by atoms with Crippen molar-refractivity contribution in [3.05, 3.63) is 29.3 Å². The fourth-order valence-corrected chi connectivity index (χ4v) is 1.90. The van der Waals surface area contributed by atoms with Crippen LogP contribution in [0.5, 0.6) is 5.75 Å². The summed E-state index contributed by atoms with van der Waals surface area (Å²) in [5.74, 6) is 0.178. The molecule has 1 saturated heterocycles. The number of hydrogen-bond donors (Lipinski definition) is 2. The minimum absolute atomic E-state index is 0. The van der Waals surface area contributed by atoms with Gasteiger partial charge in [0.05, 0.1) is 18.2 Å². The zero-order valence-corrected chi connectivity index (χ0v) is 10.5. The molecule has 2 rings (SSSR count). The minimum Gasteiger partial charge on any atom is -0.497 e. The van der Waals surface area contributed by atoms with Crippen LogP contribution in [0.15, 0.2) is 18.2 Å². The van der Waals surface area contributed by atoms with Gasteiger partial charge in [0.1, 0.15) is 5.75 Å². The van der Waals surface area contributed by atoms with E-state index >= 15 is 0 Å². The summed E-state index contributed by atoms with van der Waals surface area (Å²) in [5.41, 5.74) is 4.37. The number of hydrogen-bond acceptors (Lipinski definition) is 3. The summed E-state index contributed by atoms with van der Waals surface area (Å²) >= 11 is 0. The lowest BCUT2D eigenvalue weighted by molar-refractivity contribution is -0.139. The number of nitrogens with one attached hydrogen (secondary N) is 1. The Labute approximate surface area is 109 Å². The number of nitrogens with two attached hydrogens (primary N) is 1. The molecule has 3 N–H and O–H groups in total. The molecule has 0 bridgehead atoms. The highest BCUT2D eigenvalue weighted by Gasteiger charge is 2.43. The zero-order chi connectivity index (χ0) is 12.7. The number of halogens is 4. The molecule has 0 atom stereocenters. The van der Waals surface area contributed by atoms with Crippen molar-refractivity contribution in [3.63, 3.8) is 0 Å². The number of benzene rings is 1. The van der Waals surface area contributed by atoms with Crippen molar-refractivity contribution < 1.29 is 17.9 Å². The predicted octanol–water partition coefficient (Wildman–Crippen LogP) is 1.89. The molecular weight excluding hydrogens is 269 g/mol. The van der Waals surface area contributed by atoms with Gasteiger partial charge in [0.2, 0.25) is 0 Å². The predicted molar refractivity (Wildman–Crippen MR) is 64.0 cm³/mol. The first kappa shape index (κ1) is 15.1. The first-order chi connectivity index (χ1) is 7.87. The first-order valence-corrected chi connectivity index (χ1v) is 5.12. The van der Waals surface area contributed by atoms with Crippen LogP contribution in [-0.2, 0) is 11.7 Å². The molecule has 0 saturated carbocycles. The lowest BCUT2D eigenvalue weighted by atomic mass is 9.82. The number of ether oxygens (including phenoxy) is 1. The number of rotatable bonds is 2. The van der Waals surface area contributed by atoms with Crippen molar-refractivity contribution in [2.45, 2.75) is 11.7 Å². The normalized spacial score (nSPS) is 17.6. The standard InChI is InChI=1S/C11H13F3N2O.ClH/c1-17-7-2-3-8(10(15)5-16-6-10)9(4-7)11(12,13)14;/h2-4,16H,5-6,15H2,1H3;1H. The van der Waals surface area contributed by atoms with Crippen LogP contribution in [0.4, 0.5) is 13.2 Å². The van der Waals surface area contributed by atoms with Gasteiger partial charge in [-0.05, 0) is 17.7 Å². The van der Waals surface area contributed by atoms with Crippen LogP contribution >= 0.6 is 12.4 Å². The molecule has 0 radical (unpaired) electrons. The Morgan fingerprint density at radius 2 is 1.94 bits per heavy atom. The summed E-state index contributed by atoms with van der Waals surface area (Å²) in [6.45, 7) is 0.699. The number of alkyl halides is 3. The van der Waals surface area contributed by atoms with Gasteiger partial charge in [0.15, 0.2) is 0 Å². The third-order valence-corrected chi connectivity index (χ3v) is 2.95. The van der Waals surface area contributed by atoms with Crippen molar-refractivity contribution in [1.29, 1.82) is 0 Å². The van der Waals surface area contributed by atoms with E-state index < -0.39 is 17.3 Å². The molecule has 0 aliphatic carbocycles. The highest BCUT2D eigenvalue weighted by Crippen LogP contribution is 2.39. The van der Waals surface area contributed by atoms with Crippen molar-refractivity contribution >= 4 is 12.4 Å². The lowest BCUT2D eigenvalue weighted by Crippen LogP contribution is -2.63. The largest absolute Gasteiger partial charge is 0.497 e. The van der Waals surface area contributed by atoms with Gasteiger partial charge in [-0.3, -0.25) is 0 Å². The van der Waals surface area contributed by atoms with E-state index in [0.29, 0.717) is 13.1 Å². The monoisotopic (exact) mass is 282 g/mol. The second-order valence-corrected chi connectivity index (χ2v) is 4.17. The van der Waals surface area contributed by atoms with Gasteiger partial charge < -0.3 is 15.8 Å². The quantitative estimate of drug-likeness (QED) is 0.871. The molecule has 18 heavy (non-hydrogen) atoms. The maximum Gasteiger partial charge on any atom is 0.416 e. The van der Waals surface area contributed by atoms with E-state index in [-0.39, 0.29) is 23.7 Å². The molecule has 1 aromatic rings.